The third-order valence-electron chi connectivity index (χ3n) is 3.25. The molecule has 0 spiro atoms. The fraction of sp³-hybridized carbons (Fsp3) is 0.385. The van der Waals surface area contributed by atoms with Gasteiger partial charge >= 0.3 is 0 Å². The van der Waals surface area contributed by atoms with Crippen molar-refractivity contribution in [3.8, 4) is 0 Å². The molecular formula is C13H15BrN4. The summed E-state index contributed by atoms with van der Waals surface area (Å²) in [7, 11) is 0. The Morgan fingerprint density at radius 2 is 2.00 bits per heavy atom. The van der Waals surface area contributed by atoms with Crippen molar-refractivity contribution in [2.45, 2.75) is 31.8 Å². The Labute approximate surface area is 114 Å². The molecule has 1 aliphatic carbocycles. The molecule has 18 heavy (non-hydrogen) atoms. The normalized spacial score (nSPS) is 15.0. The van der Waals surface area contributed by atoms with E-state index in [4.69, 9.17) is 5.73 Å². The Morgan fingerprint density at radius 3 is 2.61 bits per heavy atom. The zero-order valence-corrected chi connectivity index (χ0v) is 11.6. The van der Waals surface area contributed by atoms with E-state index < -0.39 is 0 Å². The maximum absolute atomic E-state index is 5.72. The van der Waals surface area contributed by atoms with E-state index >= 15 is 0 Å². The molecular weight excluding hydrogens is 292 g/mol. The van der Waals surface area contributed by atoms with E-state index in [1.54, 1.807) is 0 Å². The van der Waals surface area contributed by atoms with Gasteiger partial charge in [-0.25, -0.2) is 4.68 Å². The SMILES string of the molecule is NCc1nnn(Cc2ccc(Br)cc2)c1C1CC1. The number of benzene rings is 1. The van der Waals surface area contributed by atoms with Crippen LogP contribution >= 0.6 is 15.9 Å². The second kappa shape index (κ2) is 4.82. The summed E-state index contributed by atoms with van der Waals surface area (Å²) in [6, 6.07) is 8.30. The van der Waals surface area contributed by atoms with Gasteiger partial charge in [-0.05, 0) is 30.5 Å². The minimum Gasteiger partial charge on any atom is -0.325 e. The van der Waals surface area contributed by atoms with Crippen molar-refractivity contribution in [2.24, 2.45) is 5.73 Å². The molecule has 4 nitrogen and oxygen atoms in total. The van der Waals surface area contributed by atoms with E-state index in [1.165, 1.54) is 24.1 Å². The molecule has 0 radical (unpaired) electrons. The van der Waals surface area contributed by atoms with E-state index in [-0.39, 0.29) is 0 Å². The number of nitrogens with two attached hydrogens (primary N) is 1. The first-order valence-corrected chi connectivity index (χ1v) is 6.94. The highest BCUT2D eigenvalue weighted by Gasteiger charge is 2.30. The molecule has 0 aliphatic heterocycles. The van der Waals surface area contributed by atoms with Gasteiger partial charge in [-0.2, -0.15) is 0 Å². The molecule has 0 atom stereocenters. The largest absolute Gasteiger partial charge is 0.325 e. The molecule has 94 valence electrons. The topological polar surface area (TPSA) is 56.7 Å². The van der Waals surface area contributed by atoms with Crippen molar-refractivity contribution in [1.29, 1.82) is 0 Å². The number of hydrogen-bond acceptors (Lipinski definition) is 3. The summed E-state index contributed by atoms with van der Waals surface area (Å²) in [5, 5.41) is 8.43. The average Bonchev–Trinajstić information content (AvgIpc) is 3.14. The molecule has 5 heteroatoms. The minimum absolute atomic E-state index is 0.478. The molecule has 1 aromatic heterocycles. The minimum atomic E-state index is 0.478. The summed E-state index contributed by atoms with van der Waals surface area (Å²) < 4.78 is 3.10. The van der Waals surface area contributed by atoms with Crippen LogP contribution in [0.25, 0.3) is 0 Å². The van der Waals surface area contributed by atoms with Crippen molar-refractivity contribution in [3.63, 3.8) is 0 Å². The van der Waals surface area contributed by atoms with Crippen LogP contribution in [0.2, 0.25) is 0 Å². The van der Waals surface area contributed by atoms with Gasteiger partial charge in [0.15, 0.2) is 0 Å². The lowest BCUT2D eigenvalue weighted by atomic mass is 10.2. The summed E-state index contributed by atoms with van der Waals surface area (Å²) in [5.41, 5.74) is 9.14. The zero-order chi connectivity index (χ0) is 12.5. The van der Waals surface area contributed by atoms with Gasteiger partial charge in [-0.15, -0.1) is 5.10 Å². The highest BCUT2D eigenvalue weighted by atomic mass is 79.9. The van der Waals surface area contributed by atoms with Crippen molar-refractivity contribution < 1.29 is 0 Å². The number of rotatable bonds is 4. The molecule has 2 N–H and O–H groups in total. The third-order valence-corrected chi connectivity index (χ3v) is 3.78. The molecule has 0 bridgehead atoms. The van der Waals surface area contributed by atoms with Crippen LogP contribution in [0.3, 0.4) is 0 Å². The molecule has 1 saturated carbocycles. The molecule has 1 fully saturated rings. The molecule has 3 rings (SSSR count). The first-order chi connectivity index (χ1) is 8.78. The highest BCUT2D eigenvalue weighted by molar-refractivity contribution is 9.10. The maximum atomic E-state index is 5.72. The van der Waals surface area contributed by atoms with Crippen molar-refractivity contribution in [2.75, 3.05) is 0 Å². The van der Waals surface area contributed by atoms with Crippen LogP contribution in [-0.4, -0.2) is 15.0 Å². The Kier molecular flexibility index (Phi) is 3.18. The van der Waals surface area contributed by atoms with Crippen LogP contribution in [0.5, 0.6) is 0 Å². The second-order valence-corrected chi connectivity index (χ2v) is 5.60. The lowest BCUT2D eigenvalue weighted by Gasteiger charge is -2.06. The highest BCUT2D eigenvalue weighted by Crippen LogP contribution is 2.41. The molecule has 1 aromatic carbocycles. The summed E-state index contributed by atoms with van der Waals surface area (Å²) in [6.45, 7) is 1.25. The first kappa shape index (κ1) is 11.9. The van der Waals surface area contributed by atoms with Gasteiger partial charge in [-0.3, -0.25) is 0 Å². The van der Waals surface area contributed by atoms with Gasteiger partial charge in [0, 0.05) is 16.9 Å². The number of hydrogen-bond donors (Lipinski definition) is 1. The predicted molar refractivity (Wildman–Crippen MR) is 73.1 cm³/mol. The van der Waals surface area contributed by atoms with Gasteiger partial charge in [0.1, 0.15) is 0 Å². The quantitative estimate of drug-likeness (QED) is 0.944. The van der Waals surface area contributed by atoms with Gasteiger partial charge in [0.25, 0.3) is 0 Å². The molecule has 1 aliphatic rings. The van der Waals surface area contributed by atoms with E-state index in [0.717, 1.165) is 16.7 Å². The molecule has 1 heterocycles. The fourth-order valence-electron chi connectivity index (χ4n) is 2.18. The Morgan fingerprint density at radius 1 is 1.28 bits per heavy atom. The van der Waals surface area contributed by atoms with Crippen LogP contribution in [0.15, 0.2) is 28.7 Å². The smallest absolute Gasteiger partial charge is 0.0997 e. The lowest BCUT2D eigenvalue weighted by Crippen LogP contribution is -2.08. The van der Waals surface area contributed by atoms with Crippen molar-refractivity contribution in [1.82, 2.24) is 15.0 Å². The van der Waals surface area contributed by atoms with Crippen molar-refractivity contribution >= 4 is 15.9 Å². The lowest BCUT2D eigenvalue weighted by molar-refractivity contribution is 0.619. The van der Waals surface area contributed by atoms with Crippen LogP contribution < -0.4 is 5.73 Å². The van der Waals surface area contributed by atoms with Gasteiger partial charge in [-0.1, -0.05) is 33.3 Å². The van der Waals surface area contributed by atoms with E-state index in [9.17, 15) is 0 Å². The van der Waals surface area contributed by atoms with Crippen LogP contribution in [0.1, 0.15) is 35.7 Å². The summed E-state index contributed by atoms with van der Waals surface area (Å²) in [4.78, 5) is 0. The molecule has 0 saturated heterocycles. The zero-order valence-electron chi connectivity index (χ0n) is 10.0. The van der Waals surface area contributed by atoms with Crippen LogP contribution in [0, 0.1) is 0 Å². The number of nitrogens with zero attached hydrogens (tertiary/aromatic N) is 3. The Bertz CT molecular complexity index is 543. The van der Waals surface area contributed by atoms with Crippen molar-refractivity contribution in [3.05, 3.63) is 45.7 Å². The standard InChI is InChI=1S/C13H15BrN4/c14-11-5-1-9(2-6-11)8-18-13(10-3-4-10)12(7-15)16-17-18/h1-2,5-6,10H,3-4,7-8,15H2. The van der Waals surface area contributed by atoms with Crippen LogP contribution in [0.4, 0.5) is 0 Å². The van der Waals surface area contributed by atoms with Crippen LogP contribution in [-0.2, 0) is 13.1 Å². The first-order valence-electron chi connectivity index (χ1n) is 6.14. The summed E-state index contributed by atoms with van der Waals surface area (Å²) in [6.07, 6.45) is 2.47. The van der Waals surface area contributed by atoms with Gasteiger partial charge < -0.3 is 5.73 Å². The maximum Gasteiger partial charge on any atom is 0.0997 e. The van der Waals surface area contributed by atoms with E-state index in [1.807, 2.05) is 16.8 Å². The monoisotopic (exact) mass is 306 g/mol. The van der Waals surface area contributed by atoms with E-state index in [2.05, 4.69) is 38.4 Å². The second-order valence-electron chi connectivity index (χ2n) is 4.68. The van der Waals surface area contributed by atoms with E-state index in [0.29, 0.717) is 12.5 Å². The number of halogens is 1. The fourth-order valence-corrected chi connectivity index (χ4v) is 2.45. The average molecular weight is 307 g/mol. The van der Waals surface area contributed by atoms with Gasteiger partial charge in [0.05, 0.1) is 17.9 Å². The third kappa shape index (κ3) is 2.33. The number of aromatic nitrogens is 3. The summed E-state index contributed by atoms with van der Waals surface area (Å²) >= 11 is 3.44. The molecule has 2 aromatic rings. The predicted octanol–water partition coefficient (Wildman–Crippen LogP) is 2.42. The molecule has 0 amide bonds. The van der Waals surface area contributed by atoms with Gasteiger partial charge in [0.2, 0.25) is 0 Å². The Balaban J connectivity index is 1.88. The summed E-state index contributed by atoms with van der Waals surface area (Å²) in [5.74, 6) is 0.619. The molecule has 0 unspecified atom stereocenters. The Hall–Kier alpha value is -1.20.